The van der Waals surface area contributed by atoms with E-state index in [1.807, 2.05) is 0 Å². The summed E-state index contributed by atoms with van der Waals surface area (Å²) >= 11 is 0. The molecule has 1 saturated carbocycles. The summed E-state index contributed by atoms with van der Waals surface area (Å²) in [5, 5.41) is 11.1. The fraction of sp³-hybridized carbons (Fsp3) is 0.308. The average Bonchev–Trinajstić information content (AvgIpc) is 3.09. The highest BCUT2D eigenvalue weighted by Gasteiger charge is 2.26. The minimum absolute atomic E-state index is 0.142. The molecule has 0 amide bonds. The Kier molecular flexibility index (Phi) is 2.77. The Labute approximate surface area is 109 Å². The average molecular weight is 260 g/mol. The number of ketones is 1. The number of hydrogen-bond acceptors (Lipinski definition) is 4. The number of carbonyl (C=O) groups is 1. The number of rotatable bonds is 4. The number of Topliss-reactive ketones (excluding diaryl/α,β-unsaturated/α-hetero) is 1. The number of benzene rings is 1. The summed E-state index contributed by atoms with van der Waals surface area (Å²) in [5.41, 5.74) is 0.987. The van der Waals surface area contributed by atoms with Gasteiger partial charge in [0.15, 0.2) is 17.3 Å². The van der Waals surface area contributed by atoms with E-state index in [1.54, 1.807) is 12.1 Å². The van der Waals surface area contributed by atoms with Gasteiger partial charge in [-0.15, -0.1) is 5.10 Å². The van der Waals surface area contributed by atoms with Crippen LogP contribution in [0.25, 0.3) is 5.69 Å². The van der Waals surface area contributed by atoms with Crippen LogP contribution in [-0.4, -0.2) is 26.8 Å². The van der Waals surface area contributed by atoms with Crippen LogP contribution in [0, 0.1) is 5.82 Å². The van der Waals surface area contributed by atoms with Crippen molar-refractivity contribution in [3.05, 3.63) is 35.8 Å². The lowest BCUT2D eigenvalue weighted by atomic mass is 10.3. The molecule has 5 nitrogen and oxygen atoms in total. The van der Waals surface area contributed by atoms with Gasteiger partial charge in [-0.3, -0.25) is 4.79 Å². The van der Waals surface area contributed by atoms with Gasteiger partial charge in [-0.2, -0.15) is 4.68 Å². The molecule has 0 aliphatic heterocycles. The number of nitrogens with zero attached hydrogens (tertiary/aromatic N) is 3. The molecule has 1 aliphatic rings. The van der Waals surface area contributed by atoms with Crippen LogP contribution >= 0.6 is 0 Å². The number of nitrogens with one attached hydrogen (secondary N) is 1. The van der Waals surface area contributed by atoms with Gasteiger partial charge in [0.2, 0.25) is 0 Å². The van der Waals surface area contributed by atoms with E-state index in [0.717, 1.165) is 12.8 Å². The van der Waals surface area contributed by atoms with Gasteiger partial charge in [0.1, 0.15) is 5.82 Å². The lowest BCUT2D eigenvalue weighted by Gasteiger charge is -2.08. The van der Waals surface area contributed by atoms with Gasteiger partial charge < -0.3 is 5.32 Å². The van der Waals surface area contributed by atoms with Crippen molar-refractivity contribution < 1.29 is 9.18 Å². The number of hydrogen-bond donors (Lipinski definition) is 1. The number of aromatic nitrogens is 3. The second-order valence-electron chi connectivity index (χ2n) is 4.65. The van der Waals surface area contributed by atoms with Crippen LogP contribution in [0.4, 0.5) is 10.2 Å². The third-order valence-electron chi connectivity index (χ3n) is 2.99. The Bertz CT molecular complexity index is 616. The smallest absolute Gasteiger partial charge is 0.183 e. The Hall–Kier alpha value is -2.24. The molecule has 1 N–H and O–H groups in total. The van der Waals surface area contributed by atoms with Crippen LogP contribution in [0.15, 0.2) is 24.3 Å². The molecule has 0 unspecified atom stereocenters. The van der Waals surface area contributed by atoms with Crippen molar-refractivity contribution >= 4 is 11.6 Å². The Morgan fingerprint density at radius 3 is 2.63 bits per heavy atom. The van der Waals surface area contributed by atoms with Gasteiger partial charge in [-0.05, 0) is 37.1 Å². The highest BCUT2D eigenvalue weighted by atomic mass is 19.1. The molecule has 2 aromatic rings. The molecule has 19 heavy (non-hydrogen) atoms. The summed E-state index contributed by atoms with van der Waals surface area (Å²) in [6, 6.07) is 6.28. The summed E-state index contributed by atoms with van der Waals surface area (Å²) < 4.78 is 14.5. The van der Waals surface area contributed by atoms with Crippen molar-refractivity contribution in [3.63, 3.8) is 0 Å². The van der Waals surface area contributed by atoms with Gasteiger partial charge in [-0.1, -0.05) is 5.21 Å². The SMILES string of the molecule is CC(=O)c1nnn(-c2ccc(F)cc2)c1NC1CC1. The Morgan fingerprint density at radius 2 is 2.05 bits per heavy atom. The first-order valence-corrected chi connectivity index (χ1v) is 6.14. The van der Waals surface area contributed by atoms with E-state index in [9.17, 15) is 9.18 Å². The molecule has 0 spiro atoms. The third kappa shape index (κ3) is 2.33. The van der Waals surface area contributed by atoms with Gasteiger partial charge in [0, 0.05) is 13.0 Å². The molecule has 0 bridgehead atoms. The topological polar surface area (TPSA) is 59.8 Å². The monoisotopic (exact) mass is 260 g/mol. The van der Waals surface area contributed by atoms with E-state index in [2.05, 4.69) is 15.6 Å². The molecule has 1 heterocycles. The molecule has 1 aliphatic carbocycles. The van der Waals surface area contributed by atoms with Crippen LogP contribution in [0.5, 0.6) is 0 Å². The van der Waals surface area contributed by atoms with Crippen LogP contribution in [0.1, 0.15) is 30.3 Å². The Morgan fingerprint density at radius 1 is 1.37 bits per heavy atom. The first-order chi connectivity index (χ1) is 9.15. The minimum Gasteiger partial charge on any atom is -0.365 e. The molecule has 6 heteroatoms. The highest BCUT2D eigenvalue weighted by Crippen LogP contribution is 2.27. The number of anilines is 1. The van der Waals surface area contributed by atoms with Crippen molar-refractivity contribution in [3.8, 4) is 5.69 Å². The van der Waals surface area contributed by atoms with E-state index < -0.39 is 0 Å². The first-order valence-electron chi connectivity index (χ1n) is 6.14. The molecule has 98 valence electrons. The lowest BCUT2D eigenvalue weighted by molar-refractivity contribution is 0.101. The van der Waals surface area contributed by atoms with Gasteiger partial charge in [-0.25, -0.2) is 4.39 Å². The number of carbonyl (C=O) groups excluding carboxylic acids is 1. The maximum Gasteiger partial charge on any atom is 0.183 e. The standard InChI is InChI=1S/C13H13FN4O/c1-8(19)12-13(15-10-4-5-10)18(17-16-12)11-6-2-9(14)3-7-11/h2-3,6-7,10,15H,4-5H2,1H3. The predicted octanol–water partition coefficient (Wildman–Crippen LogP) is 2.18. The predicted molar refractivity (Wildman–Crippen MR) is 68.0 cm³/mol. The van der Waals surface area contributed by atoms with Crippen molar-refractivity contribution in [1.82, 2.24) is 15.0 Å². The normalized spacial score (nSPS) is 14.4. The maximum atomic E-state index is 12.9. The molecular weight excluding hydrogens is 247 g/mol. The van der Waals surface area contributed by atoms with E-state index >= 15 is 0 Å². The largest absolute Gasteiger partial charge is 0.365 e. The number of halogens is 1. The molecule has 0 saturated heterocycles. The van der Waals surface area contributed by atoms with E-state index in [1.165, 1.54) is 23.7 Å². The van der Waals surface area contributed by atoms with Crippen LogP contribution in [-0.2, 0) is 0 Å². The quantitative estimate of drug-likeness (QED) is 0.856. The van der Waals surface area contributed by atoms with Crippen LogP contribution < -0.4 is 5.32 Å². The second kappa shape index (κ2) is 4.46. The molecule has 1 aromatic heterocycles. The first kappa shape index (κ1) is 11.8. The van der Waals surface area contributed by atoms with Crippen LogP contribution in [0.2, 0.25) is 0 Å². The zero-order valence-corrected chi connectivity index (χ0v) is 10.4. The summed E-state index contributed by atoms with van der Waals surface area (Å²) in [7, 11) is 0. The van der Waals surface area contributed by atoms with Gasteiger partial charge >= 0.3 is 0 Å². The fourth-order valence-electron chi connectivity index (χ4n) is 1.83. The molecule has 1 fully saturated rings. The lowest BCUT2D eigenvalue weighted by Crippen LogP contribution is -2.10. The third-order valence-corrected chi connectivity index (χ3v) is 2.99. The zero-order valence-electron chi connectivity index (χ0n) is 10.4. The maximum absolute atomic E-state index is 12.9. The van der Waals surface area contributed by atoms with Gasteiger partial charge in [0.05, 0.1) is 5.69 Å². The summed E-state index contributed by atoms with van der Waals surface area (Å²) in [6.45, 7) is 1.46. The summed E-state index contributed by atoms with van der Waals surface area (Å²) in [5.74, 6) is 0.130. The van der Waals surface area contributed by atoms with Crippen molar-refractivity contribution in [2.45, 2.75) is 25.8 Å². The molecule has 0 radical (unpaired) electrons. The highest BCUT2D eigenvalue weighted by molar-refractivity contribution is 5.97. The van der Waals surface area contributed by atoms with Crippen molar-refractivity contribution in [1.29, 1.82) is 0 Å². The minimum atomic E-state index is -0.313. The fourth-order valence-corrected chi connectivity index (χ4v) is 1.83. The van der Waals surface area contributed by atoms with Gasteiger partial charge in [0.25, 0.3) is 0 Å². The molecular formula is C13H13FN4O. The molecule has 0 atom stereocenters. The Balaban J connectivity index is 2.04. The molecule has 1 aromatic carbocycles. The second-order valence-corrected chi connectivity index (χ2v) is 4.65. The summed E-state index contributed by atoms with van der Waals surface area (Å²) in [6.07, 6.45) is 2.15. The van der Waals surface area contributed by atoms with E-state index in [-0.39, 0.29) is 11.6 Å². The van der Waals surface area contributed by atoms with Crippen molar-refractivity contribution in [2.75, 3.05) is 5.32 Å². The van der Waals surface area contributed by atoms with Crippen molar-refractivity contribution in [2.24, 2.45) is 0 Å². The molecule has 3 rings (SSSR count). The van der Waals surface area contributed by atoms with Crippen LogP contribution in [0.3, 0.4) is 0 Å². The zero-order chi connectivity index (χ0) is 13.4. The van der Waals surface area contributed by atoms with E-state index in [4.69, 9.17) is 0 Å². The van der Waals surface area contributed by atoms with E-state index in [0.29, 0.717) is 23.2 Å². The summed E-state index contributed by atoms with van der Waals surface area (Å²) in [4.78, 5) is 11.6.